The molecule has 3 nitrogen and oxygen atoms in total. The van der Waals surface area contributed by atoms with Gasteiger partial charge >= 0.3 is 0 Å². The van der Waals surface area contributed by atoms with Crippen molar-refractivity contribution >= 4 is 22.6 Å². The van der Waals surface area contributed by atoms with Crippen LogP contribution in [0, 0.1) is 13.8 Å². The number of aromatic nitrogens is 3. The second-order valence-electron chi connectivity index (χ2n) is 5.80. The van der Waals surface area contributed by atoms with Gasteiger partial charge < -0.3 is 0 Å². The van der Waals surface area contributed by atoms with Gasteiger partial charge in [0.2, 0.25) is 0 Å². The smallest absolute Gasteiger partial charge is 0.164 e. The van der Waals surface area contributed by atoms with Crippen LogP contribution >= 0.6 is 11.6 Å². The molecule has 0 amide bonds. The lowest BCUT2D eigenvalue weighted by Gasteiger charge is -2.06. The first kappa shape index (κ1) is 14.9. The highest BCUT2D eigenvalue weighted by atomic mass is 35.5. The molecule has 0 aliphatic heterocycles. The summed E-state index contributed by atoms with van der Waals surface area (Å²) in [5, 5.41) is 6.57. The fraction of sp³-hybridized carbons (Fsp3) is 0.100. The van der Waals surface area contributed by atoms with Gasteiger partial charge in [-0.3, -0.25) is 0 Å². The molecule has 2 aromatic heterocycles. The third kappa shape index (κ3) is 2.29. The van der Waals surface area contributed by atoms with Gasteiger partial charge in [0.25, 0.3) is 0 Å². The van der Waals surface area contributed by atoms with Crippen molar-refractivity contribution in [1.29, 1.82) is 0 Å². The summed E-state index contributed by atoms with van der Waals surface area (Å²) in [6.07, 6.45) is 0. The molecular formula is C20H16ClN3. The molecule has 0 radical (unpaired) electrons. The van der Waals surface area contributed by atoms with Crippen molar-refractivity contribution in [3.05, 3.63) is 76.9 Å². The first-order valence-corrected chi connectivity index (χ1v) is 8.21. The van der Waals surface area contributed by atoms with Crippen LogP contribution in [0.1, 0.15) is 11.3 Å². The second kappa shape index (κ2) is 5.77. The van der Waals surface area contributed by atoms with Crippen LogP contribution in [0.4, 0.5) is 0 Å². The fourth-order valence-corrected chi connectivity index (χ4v) is 3.13. The maximum Gasteiger partial charge on any atom is 0.164 e. The highest BCUT2D eigenvalue weighted by Crippen LogP contribution is 2.35. The van der Waals surface area contributed by atoms with Gasteiger partial charge in [0.15, 0.2) is 5.65 Å². The summed E-state index contributed by atoms with van der Waals surface area (Å²) in [5.41, 5.74) is 5.61. The Morgan fingerprint density at radius 3 is 2.17 bits per heavy atom. The second-order valence-corrected chi connectivity index (χ2v) is 6.17. The van der Waals surface area contributed by atoms with Crippen LogP contribution in [0.3, 0.4) is 0 Å². The van der Waals surface area contributed by atoms with E-state index in [4.69, 9.17) is 21.7 Å². The van der Waals surface area contributed by atoms with Crippen LogP contribution < -0.4 is 0 Å². The van der Waals surface area contributed by atoms with Gasteiger partial charge in [-0.25, -0.2) is 9.67 Å². The number of halogens is 1. The molecule has 0 fully saturated rings. The summed E-state index contributed by atoms with van der Waals surface area (Å²) in [5.74, 6) is 0. The minimum absolute atomic E-state index is 0.701. The van der Waals surface area contributed by atoms with Crippen molar-refractivity contribution in [2.45, 2.75) is 13.8 Å². The number of benzene rings is 2. The molecule has 4 heteroatoms. The van der Waals surface area contributed by atoms with E-state index in [1.54, 1.807) is 0 Å². The lowest BCUT2D eigenvalue weighted by Crippen LogP contribution is -1.99. The third-order valence-electron chi connectivity index (χ3n) is 4.20. The number of hydrogen-bond acceptors (Lipinski definition) is 2. The van der Waals surface area contributed by atoms with Crippen LogP contribution in [-0.2, 0) is 0 Å². The number of fused-ring (bicyclic) bond motifs is 1. The molecule has 0 aliphatic carbocycles. The lowest BCUT2D eigenvalue weighted by molar-refractivity contribution is 0.898. The Morgan fingerprint density at radius 2 is 1.50 bits per heavy atom. The molecule has 0 spiro atoms. The summed E-state index contributed by atoms with van der Waals surface area (Å²) >= 11 is 6.47. The van der Waals surface area contributed by atoms with Gasteiger partial charge in [0.05, 0.1) is 21.8 Å². The molecule has 4 rings (SSSR count). The zero-order chi connectivity index (χ0) is 16.7. The molecule has 0 unspecified atom stereocenters. The zero-order valence-corrected chi connectivity index (χ0v) is 14.2. The summed E-state index contributed by atoms with van der Waals surface area (Å²) in [6.45, 7) is 3.96. The topological polar surface area (TPSA) is 30.7 Å². The van der Waals surface area contributed by atoms with Crippen LogP contribution in [0.15, 0.2) is 60.7 Å². The quantitative estimate of drug-likeness (QED) is 0.494. The van der Waals surface area contributed by atoms with E-state index in [1.165, 1.54) is 0 Å². The molecular weight excluding hydrogens is 318 g/mol. The SMILES string of the molecule is Cc1nc2c(c(-c3ccccc3)nn2-c2ccccc2)c(C)c1Cl. The lowest BCUT2D eigenvalue weighted by atomic mass is 10.1. The average Bonchev–Trinajstić information content (AvgIpc) is 3.00. The Bertz CT molecular complexity index is 1020. The number of pyridine rings is 1. The first-order valence-electron chi connectivity index (χ1n) is 7.83. The number of aryl methyl sites for hydroxylation is 2. The molecule has 0 saturated heterocycles. The van der Waals surface area contributed by atoms with Gasteiger partial charge in [-0.05, 0) is 31.5 Å². The zero-order valence-electron chi connectivity index (χ0n) is 13.5. The van der Waals surface area contributed by atoms with Crippen molar-refractivity contribution in [3.8, 4) is 16.9 Å². The molecule has 0 atom stereocenters. The van der Waals surface area contributed by atoms with E-state index in [1.807, 2.05) is 67.1 Å². The van der Waals surface area contributed by atoms with Crippen molar-refractivity contribution in [2.24, 2.45) is 0 Å². The highest BCUT2D eigenvalue weighted by molar-refractivity contribution is 6.33. The number of para-hydroxylation sites is 1. The molecule has 0 aliphatic rings. The van der Waals surface area contributed by atoms with Crippen LogP contribution in [0.5, 0.6) is 0 Å². The van der Waals surface area contributed by atoms with Gasteiger partial charge in [-0.15, -0.1) is 0 Å². The van der Waals surface area contributed by atoms with Crippen LogP contribution in [0.25, 0.3) is 28.0 Å². The Labute approximate surface area is 145 Å². The van der Waals surface area contributed by atoms with E-state index >= 15 is 0 Å². The van der Waals surface area contributed by atoms with E-state index < -0.39 is 0 Å². The molecule has 2 heterocycles. The Kier molecular flexibility index (Phi) is 3.58. The monoisotopic (exact) mass is 333 g/mol. The van der Waals surface area contributed by atoms with E-state index in [0.717, 1.165) is 39.2 Å². The minimum Gasteiger partial charge on any atom is -0.232 e. The largest absolute Gasteiger partial charge is 0.232 e. The molecule has 2 aromatic carbocycles. The van der Waals surface area contributed by atoms with Crippen molar-refractivity contribution in [1.82, 2.24) is 14.8 Å². The van der Waals surface area contributed by atoms with Crippen LogP contribution in [0.2, 0.25) is 5.02 Å². The van der Waals surface area contributed by atoms with E-state index in [2.05, 4.69) is 12.1 Å². The third-order valence-corrected chi connectivity index (χ3v) is 4.76. The standard InChI is InChI=1S/C20H16ClN3/c1-13-17-19(15-9-5-3-6-10-15)23-24(16-11-7-4-8-12-16)20(17)22-14(2)18(13)21/h3-12H,1-2H3. The molecule has 0 saturated carbocycles. The van der Waals surface area contributed by atoms with Gasteiger partial charge in [0, 0.05) is 5.56 Å². The van der Waals surface area contributed by atoms with Crippen molar-refractivity contribution in [3.63, 3.8) is 0 Å². The van der Waals surface area contributed by atoms with Gasteiger partial charge in [-0.1, -0.05) is 60.1 Å². The van der Waals surface area contributed by atoms with Crippen molar-refractivity contribution in [2.75, 3.05) is 0 Å². The van der Waals surface area contributed by atoms with Crippen LogP contribution in [-0.4, -0.2) is 14.8 Å². The summed E-state index contributed by atoms with van der Waals surface area (Å²) in [7, 11) is 0. The number of nitrogens with zero attached hydrogens (tertiary/aromatic N) is 3. The molecule has 24 heavy (non-hydrogen) atoms. The van der Waals surface area contributed by atoms with Crippen molar-refractivity contribution < 1.29 is 0 Å². The van der Waals surface area contributed by atoms with Gasteiger partial charge in [-0.2, -0.15) is 5.10 Å². The summed E-state index contributed by atoms with van der Waals surface area (Å²) in [6, 6.07) is 20.2. The maximum atomic E-state index is 6.47. The highest BCUT2D eigenvalue weighted by Gasteiger charge is 2.19. The summed E-state index contributed by atoms with van der Waals surface area (Å²) < 4.78 is 1.90. The number of rotatable bonds is 2. The Hall–Kier alpha value is -2.65. The first-order chi connectivity index (χ1) is 11.7. The molecule has 4 aromatic rings. The van der Waals surface area contributed by atoms with E-state index in [9.17, 15) is 0 Å². The average molecular weight is 334 g/mol. The molecule has 118 valence electrons. The summed E-state index contributed by atoms with van der Waals surface area (Å²) in [4.78, 5) is 4.73. The number of hydrogen-bond donors (Lipinski definition) is 0. The molecule has 0 bridgehead atoms. The normalized spacial score (nSPS) is 11.1. The fourth-order valence-electron chi connectivity index (χ4n) is 2.99. The predicted molar refractivity (Wildman–Crippen MR) is 98.8 cm³/mol. The maximum absolute atomic E-state index is 6.47. The Balaban J connectivity index is 2.12. The predicted octanol–water partition coefficient (Wildman–Crippen LogP) is 5.36. The molecule has 0 N–H and O–H groups in total. The van der Waals surface area contributed by atoms with E-state index in [-0.39, 0.29) is 0 Å². The van der Waals surface area contributed by atoms with E-state index in [0.29, 0.717) is 5.02 Å². The minimum atomic E-state index is 0.701. The van der Waals surface area contributed by atoms with Gasteiger partial charge in [0.1, 0.15) is 5.69 Å². The Morgan fingerprint density at radius 1 is 0.875 bits per heavy atom.